The topological polar surface area (TPSA) is 54.0 Å². The van der Waals surface area contributed by atoms with Crippen molar-refractivity contribution >= 4 is 5.97 Å². The summed E-state index contributed by atoms with van der Waals surface area (Å²) in [5.41, 5.74) is 0. The molecule has 82 valence electrons. The number of carbonyl (C=O) groups is 1. The highest BCUT2D eigenvalue weighted by Gasteiger charge is 2.30. The van der Waals surface area contributed by atoms with E-state index in [0.717, 1.165) is 6.08 Å². The van der Waals surface area contributed by atoms with E-state index in [2.05, 4.69) is 11.3 Å². The molecule has 0 amide bonds. The molecule has 0 spiro atoms. The van der Waals surface area contributed by atoms with E-state index in [9.17, 15) is 4.79 Å². The molecule has 6 nitrogen and oxygen atoms in total. The third-order valence-corrected chi connectivity index (χ3v) is 1.56. The molecule has 0 aliphatic heterocycles. The van der Waals surface area contributed by atoms with Crippen LogP contribution in [0.25, 0.3) is 0 Å². The highest BCUT2D eigenvalue weighted by molar-refractivity contribution is 5.81. The first kappa shape index (κ1) is 13.1. The molecule has 0 atom stereocenters. The van der Waals surface area contributed by atoms with Gasteiger partial charge < -0.3 is 4.74 Å². The monoisotopic (exact) mass is 206 g/mol. The van der Waals surface area contributed by atoms with Crippen molar-refractivity contribution in [1.82, 2.24) is 0 Å². The molecular formula is C8H16NO5+. The lowest BCUT2D eigenvalue weighted by Gasteiger charge is -2.24. The van der Waals surface area contributed by atoms with Gasteiger partial charge in [0.1, 0.15) is 14.2 Å². The molecule has 14 heavy (non-hydrogen) atoms. The molecule has 0 rings (SSSR count). The molecule has 0 fully saturated rings. The van der Waals surface area contributed by atoms with Gasteiger partial charge in [0.05, 0.1) is 4.97 Å². The van der Waals surface area contributed by atoms with Gasteiger partial charge in [0, 0.05) is 6.08 Å². The summed E-state index contributed by atoms with van der Waals surface area (Å²) in [6.45, 7) is 5.18. The zero-order valence-corrected chi connectivity index (χ0v) is 8.69. The second-order valence-electron chi connectivity index (χ2n) is 2.21. The molecule has 0 aromatic heterocycles. The molecule has 0 bridgehead atoms. The van der Waals surface area contributed by atoms with Gasteiger partial charge in [0.2, 0.25) is 0 Å². The molecule has 0 radical (unpaired) electrons. The van der Waals surface area contributed by atoms with Gasteiger partial charge >= 0.3 is 5.97 Å². The number of quaternary nitrogens is 1. The lowest BCUT2D eigenvalue weighted by molar-refractivity contribution is -1.36. The van der Waals surface area contributed by atoms with Crippen molar-refractivity contribution in [3.8, 4) is 0 Å². The van der Waals surface area contributed by atoms with Gasteiger partial charge in [-0.15, -0.1) is 9.68 Å². The summed E-state index contributed by atoms with van der Waals surface area (Å²) in [4.78, 5) is 25.1. The Kier molecular flexibility index (Phi) is 6.06. The van der Waals surface area contributed by atoms with E-state index in [1.165, 1.54) is 14.2 Å². The second-order valence-corrected chi connectivity index (χ2v) is 2.21. The van der Waals surface area contributed by atoms with Crippen molar-refractivity contribution in [2.24, 2.45) is 0 Å². The molecule has 0 aliphatic carbocycles. The number of hydrogen-bond donors (Lipinski definition) is 0. The van der Waals surface area contributed by atoms with Crippen LogP contribution in [0.3, 0.4) is 0 Å². The average Bonchev–Trinajstić information content (AvgIpc) is 2.25. The van der Waals surface area contributed by atoms with E-state index in [1.54, 1.807) is 6.92 Å². The van der Waals surface area contributed by atoms with Crippen LogP contribution in [0.5, 0.6) is 0 Å². The largest absolute Gasteiger partial charge is 0.429 e. The van der Waals surface area contributed by atoms with Crippen molar-refractivity contribution in [3.05, 3.63) is 12.7 Å². The highest BCUT2D eigenvalue weighted by atomic mass is 17.2. The van der Waals surface area contributed by atoms with Gasteiger partial charge in [-0.1, -0.05) is 11.4 Å². The highest BCUT2D eigenvalue weighted by Crippen LogP contribution is 2.08. The number of nitrogens with zero attached hydrogens (tertiary/aromatic N) is 1. The van der Waals surface area contributed by atoms with Crippen molar-refractivity contribution in [1.29, 1.82) is 0 Å². The number of hydroxylamine groups is 3. The van der Waals surface area contributed by atoms with Gasteiger partial charge in [0.15, 0.2) is 6.54 Å². The molecule has 0 heterocycles. The third kappa shape index (κ3) is 3.84. The quantitative estimate of drug-likeness (QED) is 0.200. The van der Waals surface area contributed by atoms with Crippen LogP contribution in [-0.2, 0) is 24.0 Å². The van der Waals surface area contributed by atoms with Crippen LogP contribution >= 0.6 is 0 Å². The zero-order valence-electron chi connectivity index (χ0n) is 8.69. The molecule has 0 aliphatic rings. The predicted octanol–water partition coefficient (Wildman–Crippen LogP) is 0.564. The zero-order chi connectivity index (χ0) is 11.0. The number of hydrogen-bond acceptors (Lipinski definition) is 5. The van der Waals surface area contributed by atoms with Gasteiger partial charge in [-0.3, -0.25) is 0 Å². The second kappa shape index (κ2) is 6.50. The van der Waals surface area contributed by atoms with Crippen LogP contribution in [0.4, 0.5) is 0 Å². The van der Waals surface area contributed by atoms with Crippen molar-refractivity contribution in [2.75, 3.05) is 27.6 Å². The van der Waals surface area contributed by atoms with Gasteiger partial charge in [-0.25, -0.2) is 4.79 Å². The van der Waals surface area contributed by atoms with Crippen LogP contribution < -0.4 is 0 Å². The van der Waals surface area contributed by atoms with E-state index >= 15 is 0 Å². The molecule has 0 saturated heterocycles. The maximum atomic E-state index is 10.7. The predicted molar refractivity (Wildman–Crippen MR) is 47.1 cm³/mol. The maximum absolute atomic E-state index is 10.7. The fourth-order valence-electron chi connectivity index (χ4n) is 0.753. The Hall–Kier alpha value is -0.950. The summed E-state index contributed by atoms with van der Waals surface area (Å²) in [5.74, 6) is -0.564. The number of ether oxygens (including phenoxy) is 1. The smallest absolute Gasteiger partial charge is 0.332 e. The molecule has 0 unspecified atom stereocenters. The van der Waals surface area contributed by atoms with Crippen LogP contribution in [0.15, 0.2) is 12.7 Å². The van der Waals surface area contributed by atoms with Gasteiger partial charge in [-0.2, -0.15) is 0 Å². The number of esters is 1. The standard InChI is InChI=1S/C8H16NO5/c1-5-8(10)13-7-14-9(6-2,11-3)12-4/h5H,1,6-7H2,2-4H3/q+1. The first-order valence-corrected chi connectivity index (χ1v) is 4.07. The fourth-order valence-corrected chi connectivity index (χ4v) is 0.753. The maximum Gasteiger partial charge on any atom is 0.332 e. The lowest BCUT2D eigenvalue weighted by Crippen LogP contribution is -2.46. The van der Waals surface area contributed by atoms with Gasteiger partial charge in [0.25, 0.3) is 6.79 Å². The molecule has 0 aromatic carbocycles. The Morgan fingerprint density at radius 1 is 1.43 bits per heavy atom. The Bertz CT molecular complexity index is 182. The van der Waals surface area contributed by atoms with Crippen LogP contribution in [0.1, 0.15) is 6.92 Å². The van der Waals surface area contributed by atoms with Crippen LogP contribution in [0, 0.1) is 0 Å². The summed E-state index contributed by atoms with van der Waals surface area (Å²) in [6, 6.07) is 0. The van der Waals surface area contributed by atoms with E-state index in [-0.39, 0.29) is 6.79 Å². The Morgan fingerprint density at radius 2 is 2.00 bits per heavy atom. The van der Waals surface area contributed by atoms with E-state index < -0.39 is 10.9 Å². The summed E-state index contributed by atoms with van der Waals surface area (Å²) in [5, 5.41) is 0. The third-order valence-electron chi connectivity index (χ3n) is 1.56. The van der Waals surface area contributed by atoms with Crippen molar-refractivity contribution in [3.63, 3.8) is 0 Å². The number of rotatable bonds is 7. The van der Waals surface area contributed by atoms with E-state index in [1.807, 2.05) is 0 Å². The average molecular weight is 206 g/mol. The minimum absolute atomic E-state index is 0.264. The van der Waals surface area contributed by atoms with Crippen LogP contribution in [-0.4, -0.2) is 38.5 Å². The minimum atomic E-state index is -0.564. The Labute approximate surface area is 83.1 Å². The number of carbonyl (C=O) groups excluding carboxylic acids is 1. The van der Waals surface area contributed by atoms with E-state index in [4.69, 9.17) is 14.5 Å². The van der Waals surface area contributed by atoms with Crippen LogP contribution in [0.2, 0.25) is 0 Å². The van der Waals surface area contributed by atoms with Crippen molar-refractivity contribution < 1.29 is 29.0 Å². The molecular weight excluding hydrogens is 190 g/mol. The summed E-state index contributed by atoms with van der Waals surface area (Å²) >= 11 is 0. The van der Waals surface area contributed by atoms with Crippen molar-refractivity contribution in [2.45, 2.75) is 6.92 Å². The summed E-state index contributed by atoms with van der Waals surface area (Å²) in [6.07, 6.45) is 1.05. The normalized spacial score (nSPS) is 11.1. The molecule has 0 saturated carbocycles. The van der Waals surface area contributed by atoms with E-state index in [0.29, 0.717) is 6.54 Å². The fraction of sp³-hybridized carbons (Fsp3) is 0.625. The molecule has 6 heteroatoms. The SMILES string of the molecule is C=CC(=O)OCO[N+](CC)(OC)OC. The minimum Gasteiger partial charge on any atom is -0.429 e. The first-order chi connectivity index (χ1) is 6.64. The molecule has 0 aromatic rings. The lowest BCUT2D eigenvalue weighted by atomic mass is 10.7. The van der Waals surface area contributed by atoms with Gasteiger partial charge in [-0.05, 0) is 6.92 Å². The Morgan fingerprint density at radius 3 is 2.36 bits per heavy atom. The molecule has 0 N–H and O–H groups in total. The Balaban J connectivity index is 3.94. The summed E-state index contributed by atoms with van der Waals surface area (Å²) < 4.78 is 4.60. The summed E-state index contributed by atoms with van der Waals surface area (Å²) in [7, 11) is 2.84. The first-order valence-electron chi connectivity index (χ1n) is 4.07.